The summed E-state index contributed by atoms with van der Waals surface area (Å²) in [6.07, 6.45) is -4.52. The third-order valence-corrected chi connectivity index (χ3v) is 3.68. The minimum atomic E-state index is -4.52. The van der Waals surface area contributed by atoms with E-state index in [1.54, 1.807) is 0 Å². The smallest absolute Gasteiger partial charge is 0.416 e. The van der Waals surface area contributed by atoms with Crippen molar-refractivity contribution in [3.63, 3.8) is 0 Å². The van der Waals surface area contributed by atoms with Gasteiger partial charge in [-0.1, -0.05) is 4.99 Å². The van der Waals surface area contributed by atoms with Gasteiger partial charge in [-0.05, 0) is 30.3 Å². The van der Waals surface area contributed by atoms with E-state index in [-0.39, 0.29) is 11.5 Å². The molecule has 10 nitrogen and oxygen atoms in total. The van der Waals surface area contributed by atoms with Gasteiger partial charge >= 0.3 is 18.2 Å². The molecule has 0 aromatic heterocycles. The van der Waals surface area contributed by atoms with Gasteiger partial charge in [0.1, 0.15) is 17.1 Å². The molecule has 0 aliphatic carbocycles. The largest absolute Gasteiger partial charge is 0.457 e. The molecular formula is C18H16F3N3O7. The van der Waals surface area contributed by atoms with E-state index in [0.29, 0.717) is 5.06 Å². The predicted octanol–water partition coefficient (Wildman–Crippen LogP) is 4.02. The Balaban J connectivity index is 2.21. The van der Waals surface area contributed by atoms with Crippen LogP contribution in [0.5, 0.6) is 11.5 Å². The molecule has 13 heteroatoms. The number of hydrogen-bond donors (Lipinski definition) is 0. The van der Waals surface area contributed by atoms with E-state index in [0.717, 1.165) is 54.4 Å². The molecule has 0 bridgehead atoms. The number of nitro benzene ring substituents is 1. The second kappa shape index (κ2) is 9.30. The fraction of sp³-hybridized carbons (Fsp3) is 0.222. The van der Waals surface area contributed by atoms with Crippen LogP contribution in [0.25, 0.3) is 0 Å². The van der Waals surface area contributed by atoms with Gasteiger partial charge in [-0.3, -0.25) is 15.0 Å². The Morgan fingerprint density at radius 1 is 1.00 bits per heavy atom. The van der Waals surface area contributed by atoms with E-state index in [1.165, 1.54) is 14.1 Å². The fourth-order valence-electron chi connectivity index (χ4n) is 2.20. The molecule has 0 fully saturated rings. The number of hydrogen-bond acceptors (Lipinski definition) is 7. The van der Waals surface area contributed by atoms with Crippen LogP contribution in [0.15, 0.2) is 42.5 Å². The molecule has 0 heterocycles. The van der Waals surface area contributed by atoms with Gasteiger partial charge < -0.3 is 9.64 Å². The molecule has 0 unspecified atom stereocenters. The number of nitro groups is 1. The number of carbonyl (C=O) groups excluding carboxylic acids is 2. The van der Waals surface area contributed by atoms with Gasteiger partial charge in [0.05, 0.1) is 10.5 Å². The van der Waals surface area contributed by atoms with Gasteiger partial charge in [0.15, 0.2) is 0 Å². The van der Waals surface area contributed by atoms with Gasteiger partial charge in [0, 0.05) is 33.3 Å². The maximum Gasteiger partial charge on any atom is 0.416 e. The highest BCUT2D eigenvalue weighted by Crippen LogP contribution is 2.32. The molecule has 2 aromatic carbocycles. The van der Waals surface area contributed by atoms with Crippen molar-refractivity contribution < 1.29 is 42.3 Å². The van der Waals surface area contributed by atoms with Gasteiger partial charge in [-0.15, -0.1) is 0 Å². The maximum atomic E-state index is 12.6. The molecule has 0 radical (unpaired) electrons. The number of carbonyl (C=O) groups is 2. The van der Waals surface area contributed by atoms with E-state index in [4.69, 9.17) is 4.74 Å². The van der Waals surface area contributed by atoms with Crippen molar-refractivity contribution >= 4 is 17.7 Å². The number of nitrogens with zero attached hydrogens (tertiary/aromatic N) is 3. The number of halogens is 3. The number of urea groups is 1. The first kappa shape index (κ1) is 23.4. The quantitative estimate of drug-likeness (QED) is 0.377. The molecule has 31 heavy (non-hydrogen) atoms. The fourth-order valence-corrected chi connectivity index (χ4v) is 2.20. The van der Waals surface area contributed by atoms with Crippen LogP contribution in [-0.2, 0) is 16.1 Å². The molecule has 0 spiro atoms. The zero-order valence-corrected chi connectivity index (χ0v) is 16.4. The zero-order valence-electron chi connectivity index (χ0n) is 16.4. The van der Waals surface area contributed by atoms with Crippen molar-refractivity contribution in [3.8, 4) is 11.5 Å². The Morgan fingerprint density at radius 2 is 1.58 bits per heavy atom. The number of ether oxygens (including phenoxy) is 1. The summed E-state index contributed by atoms with van der Waals surface area (Å²) in [7, 11) is 3.97. The summed E-state index contributed by atoms with van der Waals surface area (Å²) in [4.78, 5) is 44.4. The SMILES string of the molecule is CN(C)C(=O)N(C)OOC(=O)c1cc(Oc2ccc(C(F)(F)F)cc2)ccc1[N+](=O)[O-]. The highest BCUT2D eigenvalue weighted by atomic mass is 19.4. The van der Waals surface area contributed by atoms with Crippen LogP contribution < -0.4 is 4.74 Å². The summed E-state index contributed by atoms with van der Waals surface area (Å²) < 4.78 is 43.3. The lowest BCUT2D eigenvalue weighted by atomic mass is 10.1. The minimum Gasteiger partial charge on any atom is -0.457 e. The summed E-state index contributed by atoms with van der Waals surface area (Å²) >= 11 is 0. The van der Waals surface area contributed by atoms with Crippen molar-refractivity contribution in [3.05, 3.63) is 63.7 Å². The Hall–Kier alpha value is -3.87. The topological polar surface area (TPSA) is 111 Å². The first-order valence-corrected chi connectivity index (χ1v) is 8.37. The van der Waals surface area contributed by atoms with Crippen molar-refractivity contribution in [2.45, 2.75) is 6.18 Å². The van der Waals surface area contributed by atoms with Crippen LogP contribution in [0.2, 0.25) is 0 Å². The zero-order chi connectivity index (χ0) is 23.3. The molecule has 0 atom stereocenters. The number of alkyl halides is 3. The molecule has 2 aromatic rings. The van der Waals surface area contributed by atoms with Crippen LogP contribution in [0.3, 0.4) is 0 Å². The first-order chi connectivity index (χ1) is 14.4. The minimum absolute atomic E-state index is 0.00580. The molecular weight excluding hydrogens is 427 g/mol. The average Bonchev–Trinajstić information content (AvgIpc) is 2.70. The predicted molar refractivity (Wildman–Crippen MR) is 98.0 cm³/mol. The van der Waals surface area contributed by atoms with Crippen molar-refractivity contribution in [2.24, 2.45) is 0 Å². The normalized spacial score (nSPS) is 10.9. The lowest BCUT2D eigenvalue weighted by molar-refractivity contribution is -0.386. The Kier molecular flexibility index (Phi) is 7.02. The number of hydroxylamine groups is 2. The monoisotopic (exact) mass is 443 g/mol. The lowest BCUT2D eigenvalue weighted by Gasteiger charge is -2.18. The van der Waals surface area contributed by atoms with E-state index in [9.17, 15) is 32.9 Å². The highest BCUT2D eigenvalue weighted by Gasteiger charge is 2.30. The summed E-state index contributed by atoms with van der Waals surface area (Å²) in [5, 5.41) is 11.8. The van der Waals surface area contributed by atoms with Crippen molar-refractivity contribution in [1.82, 2.24) is 9.96 Å². The Morgan fingerprint density at radius 3 is 2.10 bits per heavy atom. The van der Waals surface area contributed by atoms with Crippen LogP contribution in [-0.4, -0.2) is 48.0 Å². The number of benzene rings is 2. The molecule has 0 aliphatic rings. The lowest BCUT2D eigenvalue weighted by Crippen LogP contribution is -2.36. The maximum absolute atomic E-state index is 12.6. The van der Waals surface area contributed by atoms with Crippen LogP contribution >= 0.6 is 0 Å². The average molecular weight is 443 g/mol. The second-order valence-corrected chi connectivity index (χ2v) is 6.18. The summed E-state index contributed by atoms with van der Waals surface area (Å²) in [6.45, 7) is 0. The summed E-state index contributed by atoms with van der Waals surface area (Å²) in [5.74, 6) is -1.40. The number of amides is 2. The van der Waals surface area contributed by atoms with Gasteiger partial charge in [0.25, 0.3) is 5.69 Å². The molecule has 0 N–H and O–H groups in total. The van der Waals surface area contributed by atoms with Gasteiger partial charge in [-0.2, -0.15) is 18.2 Å². The van der Waals surface area contributed by atoms with E-state index >= 15 is 0 Å². The number of rotatable bonds is 6. The third-order valence-electron chi connectivity index (χ3n) is 3.68. The molecule has 0 aliphatic heterocycles. The Bertz CT molecular complexity index is 978. The second-order valence-electron chi connectivity index (χ2n) is 6.18. The summed E-state index contributed by atoms with van der Waals surface area (Å²) in [5.41, 5.74) is -2.10. The molecule has 0 saturated heterocycles. The summed E-state index contributed by atoms with van der Waals surface area (Å²) in [6, 6.07) is 6.06. The van der Waals surface area contributed by atoms with Gasteiger partial charge in [0.2, 0.25) is 0 Å². The van der Waals surface area contributed by atoms with Gasteiger partial charge in [-0.25, -0.2) is 9.59 Å². The van der Waals surface area contributed by atoms with Crippen molar-refractivity contribution in [2.75, 3.05) is 21.1 Å². The van der Waals surface area contributed by atoms with Crippen molar-refractivity contribution in [1.29, 1.82) is 0 Å². The van der Waals surface area contributed by atoms with Crippen LogP contribution in [0.4, 0.5) is 23.7 Å². The molecule has 0 saturated carbocycles. The molecule has 2 rings (SSSR count). The highest BCUT2D eigenvalue weighted by molar-refractivity contribution is 5.94. The third kappa shape index (κ3) is 6.05. The standard InChI is InChI=1S/C18H16F3N3O7/c1-22(2)17(26)23(3)31-30-16(25)14-10-13(8-9-15(14)24(27)28)29-12-6-4-11(5-7-12)18(19,20)21/h4-10H,1-3H3. The molecule has 2 amide bonds. The molecule has 166 valence electrons. The van der Waals surface area contributed by atoms with E-state index < -0.39 is 39.9 Å². The first-order valence-electron chi connectivity index (χ1n) is 8.37. The van der Waals surface area contributed by atoms with E-state index in [1.807, 2.05) is 0 Å². The van der Waals surface area contributed by atoms with Crippen LogP contribution in [0, 0.1) is 10.1 Å². The van der Waals surface area contributed by atoms with Crippen LogP contribution in [0.1, 0.15) is 15.9 Å². The Labute approximate surface area is 173 Å². The van der Waals surface area contributed by atoms with E-state index in [2.05, 4.69) is 9.88 Å².